The number of aromatic nitrogens is 3. The smallest absolute Gasteiger partial charge is 0.224 e. The third-order valence-corrected chi connectivity index (χ3v) is 2.67. The Kier molecular flexibility index (Phi) is 3.94. The van der Waals surface area contributed by atoms with Gasteiger partial charge in [-0.25, -0.2) is 4.98 Å². The maximum Gasteiger partial charge on any atom is 0.224 e. The van der Waals surface area contributed by atoms with Crippen LogP contribution in [0, 0.1) is 6.92 Å². The van der Waals surface area contributed by atoms with Gasteiger partial charge in [-0.15, -0.1) is 0 Å². The molecule has 0 aliphatic rings. The molecule has 0 saturated carbocycles. The second-order valence-corrected chi connectivity index (χ2v) is 4.54. The summed E-state index contributed by atoms with van der Waals surface area (Å²) >= 11 is 0. The fourth-order valence-electron chi connectivity index (χ4n) is 1.57. The van der Waals surface area contributed by atoms with Crippen molar-refractivity contribution in [2.75, 3.05) is 12.4 Å². The lowest BCUT2D eigenvalue weighted by molar-refractivity contribution is 0.451. The molecule has 0 radical (unpaired) electrons. The second kappa shape index (κ2) is 5.65. The standard InChI is InChI=1S/C14H18N4O/c1-9(2)14-17-12(15-4)8-13(18-14)19-11-6-5-7-16-10(11)3/h5-9H,1-4H3,(H,15,17,18). The molecule has 0 atom stereocenters. The highest BCUT2D eigenvalue weighted by atomic mass is 16.5. The number of hydrogen-bond acceptors (Lipinski definition) is 5. The Morgan fingerprint density at radius 2 is 2.05 bits per heavy atom. The maximum absolute atomic E-state index is 5.79. The molecular formula is C14H18N4O. The first-order valence-electron chi connectivity index (χ1n) is 6.26. The maximum atomic E-state index is 5.79. The number of hydrogen-bond donors (Lipinski definition) is 1. The summed E-state index contributed by atoms with van der Waals surface area (Å²) in [5.41, 5.74) is 0.832. The molecule has 2 heterocycles. The molecule has 0 aliphatic heterocycles. The van der Waals surface area contributed by atoms with E-state index < -0.39 is 0 Å². The van der Waals surface area contributed by atoms with Gasteiger partial charge in [0.1, 0.15) is 11.6 Å². The van der Waals surface area contributed by atoms with Gasteiger partial charge in [0.05, 0.1) is 5.69 Å². The number of rotatable bonds is 4. The lowest BCUT2D eigenvalue weighted by atomic mass is 10.2. The molecule has 2 rings (SSSR count). The fraction of sp³-hybridized carbons (Fsp3) is 0.357. The minimum Gasteiger partial charge on any atom is -0.437 e. The van der Waals surface area contributed by atoms with Crippen molar-refractivity contribution < 1.29 is 4.74 Å². The Morgan fingerprint density at radius 3 is 2.68 bits per heavy atom. The third-order valence-electron chi connectivity index (χ3n) is 2.67. The topological polar surface area (TPSA) is 59.9 Å². The Bertz CT molecular complexity index is 569. The minimum atomic E-state index is 0.241. The molecule has 0 unspecified atom stereocenters. The van der Waals surface area contributed by atoms with Gasteiger partial charge in [-0.05, 0) is 19.1 Å². The molecule has 0 amide bonds. The first-order valence-corrected chi connectivity index (χ1v) is 6.26. The Balaban J connectivity index is 2.34. The highest BCUT2D eigenvalue weighted by Crippen LogP contribution is 2.25. The number of pyridine rings is 1. The summed E-state index contributed by atoms with van der Waals surface area (Å²) in [4.78, 5) is 13.0. The van der Waals surface area contributed by atoms with Gasteiger partial charge in [0.15, 0.2) is 5.75 Å². The second-order valence-electron chi connectivity index (χ2n) is 4.54. The molecule has 0 bridgehead atoms. The lowest BCUT2D eigenvalue weighted by Crippen LogP contribution is -2.03. The van der Waals surface area contributed by atoms with Crippen molar-refractivity contribution in [3.63, 3.8) is 0 Å². The summed E-state index contributed by atoms with van der Waals surface area (Å²) in [5.74, 6) is 2.97. The van der Waals surface area contributed by atoms with Gasteiger partial charge < -0.3 is 10.1 Å². The van der Waals surface area contributed by atoms with Gasteiger partial charge in [-0.1, -0.05) is 13.8 Å². The molecule has 0 aliphatic carbocycles. The zero-order chi connectivity index (χ0) is 13.8. The molecule has 5 nitrogen and oxygen atoms in total. The summed E-state index contributed by atoms with van der Waals surface area (Å²) in [6.45, 7) is 6.00. The van der Waals surface area contributed by atoms with Gasteiger partial charge in [0.2, 0.25) is 5.88 Å². The van der Waals surface area contributed by atoms with Crippen molar-refractivity contribution in [2.24, 2.45) is 0 Å². The van der Waals surface area contributed by atoms with Gasteiger partial charge >= 0.3 is 0 Å². The monoisotopic (exact) mass is 258 g/mol. The SMILES string of the molecule is CNc1cc(Oc2cccnc2C)nc(C(C)C)n1. The number of ether oxygens (including phenoxy) is 1. The Morgan fingerprint density at radius 1 is 1.26 bits per heavy atom. The third kappa shape index (κ3) is 3.19. The molecule has 0 aromatic carbocycles. The molecule has 2 aromatic heterocycles. The van der Waals surface area contributed by atoms with Crippen LogP contribution in [0.2, 0.25) is 0 Å². The van der Waals surface area contributed by atoms with E-state index >= 15 is 0 Å². The van der Waals surface area contributed by atoms with Crippen LogP contribution in [0.25, 0.3) is 0 Å². The number of nitrogens with zero attached hydrogens (tertiary/aromatic N) is 3. The van der Waals surface area contributed by atoms with Crippen molar-refractivity contribution in [3.05, 3.63) is 35.9 Å². The van der Waals surface area contributed by atoms with Crippen LogP contribution >= 0.6 is 0 Å². The summed E-state index contributed by atoms with van der Waals surface area (Å²) in [5, 5.41) is 3.02. The van der Waals surface area contributed by atoms with Gasteiger partial charge in [-0.2, -0.15) is 4.98 Å². The zero-order valence-corrected chi connectivity index (χ0v) is 11.6. The van der Waals surface area contributed by atoms with Gasteiger partial charge in [-0.3, -0.25) is 4.98 Å². The van der Waals surface area contributed by atoms with E-state index in [2.05, 4.69) is 20.3 Å². The Hall–Kier alpha value is -2.17. The lowest BCUT2D eigenvalue weighted by Gasteiger charge is -2.11. The number of aryl methyl sites for hydroxylation is 1. The predicted octanol–water partition coefficient (Wildman–Crippen LogP) is 3.14. The van der Waals surface area contributed by atoms with Gasteiger partial charge in [0.25, 0.3) is 0 Å². The van der Waals surface area contributed by atoms with Crippen molar-refractivity contribution in [3.8, 4) is 11.6 Å². The Labute approximate surface area is 113 Å². The van der Waals surface area contributed by atoms with Crippen LogP contribution in [-0.2, 0) is 0 Å². The summed E-state index contributed by atoms with van der Waals surface area (Å²) in [6, 6.07) is 5.49. The van der Waals surface area contributed by atoms with Crippen molar-refractivity contribution in [1.82, 2.24) is 15.0 Å². The molecule has 0 fully saturated rings. The highest BCUT2D eigenvalue weighted by Gasteiger charge is 2.10. The first-order chi connectivity index (χ1) is 9.10. The summed E-state index contributed by atoms with van der Waals surface area (Å²) in [7, 11) is 1.82. The van der Waals surface area contributed by atoms with E-state index in [1.165, 1.54) is 0 Å². The van der Waals surface area contributed by atoms with Crippen LogP contribution in [0.1, 0.15) is 31.3 Å². The molecule has 1 N–H and O–H groups in total. The normalized spacial score (nSPS) is 10.6. The van der Waals surface area contributed by atoms with Crippen molar-refractivity contribution in [2.45, 2.75) is 26.7 Å². The highest BCUT2D eigenvalue weighted by molar-refractivity contribution is 5.40. The molecule has 0 spiro atoms. The van der Waals surface area contributed by atoms with Crippen LogP contribution in [-0.4, -0.2) is 22.0 Å². The average Bonchev–Trinajstić information content (AvgIpc) is 2.41. The predicted molar refractivity (Wildman–Crippen MR) is 74.7 cm³/mol. The van der Waals surface area contributed by atoms with Crippen LogP contribution in [0.4, 0.5) is 5.82 Å². The first kappa shape index (κ1) is 13.3. The molecule has 100 valence electrons. The number of nitrogens with one attached hydrogen (secondary N) is 1. The van der Waals surface area contributed by atoms with Crippen LogP contribution in [0.3, 0.4) is 0 Å². The summed E-state index contributed by atoms with van der Waals surface area (Å²) in [6.07, 6.45) is 1.74. The minimum absolute atomic E-state index is 0.241. The van der Waals surface area contributed by atoms with Crippen LogP contribution in [0.15, 0.2) is 24.4 Å². The average molecular weight is 258 g/mol. The molecule has 5 heteroatoms. The van der Waals surface area contributed by atoms with E-state index in [4.69, 9.17) is 4.74 Å². The summed E-state index contributed by atoms with van der Waals surface area (Å²) < 4.78 is 5.79. The molecule has 2 aromatic rings. The van der Waals surface area contributed by atoms with E-state index in [0.29, 0.717) is 11.6 Å². The fourth-order valence-corrected chi connectivity index (χ4v) is 1.57. The molecule has 0 saturated heterocycles. The number of anilines is 1. The van der Waals surface area contributed by atoms with E-state index in [9.17, 15) is 0 Å². The van der Waals surface area contributed by atoms with Gasteiger partial charge in [0, 0.05) is 25.2 Å². The molecule has 19 heavy (non-hydrogen) atoms. The quantitative estimate of drug-likeness (QED) is 0.912. The van der Waals surface area contributed by atoms with Crippen LogP contribution in [0.5, 0.6) is 11.6 Å². The van der Waals surface area contributed by atoms with Crippen LogP contribution < -0.4 is 10.1 Å². The van der Waals surface area contributed by atoms with E-state index in [0.717, 1.165) is 17.3 Å². The van der Waals surface area contributed by atoms with E-state index in [1.807, 2.05) is 40.0 Å². The van der Waals surface area contributed by atoms with Crippen molar-refractivity contribution >= 4 is 5.82 Å². The zero-order valence-electron chi connectivity index (χ0n) is 11.6. The van der Waals surface area contributed by atoms with E-state index in [1.54, 1.807) is 12.3 Å². The molecular weight excluding hydrogens is 240 g/mol. The largest absolute Gasteiger partial charge is 0.437 e. The van der Waals surface area contributed by atoms with Crippen molar-refractivity contribution in [1.29, 1.82) is 0 Å². The van der Waals surface area contributed by atoms with E-state index in [-0.39, 0.29) is 5.92 Å².